The number of aryl methyl sites for hydroxylation is 2. The Morgan fingerprint density at radius 2 is 2.11 bits per heavy atom. The molecule has 1 amide bonds. The van der Waals surface area contributed by atoms with Gasteiger partial charge in [0.25, 0.3) is 0 Å². The maximum absolute atomic E-state index is 11.9. The van der Waals surface area contributed by atoms with Crippen molar-refractivity contribution in [2.75, 3.05) is 6.54 Å². The molecule has 1 aliphatic carbocycles. The number of aliphatic hydroxyl groups is 1. The van der Waals surface area contributed by atoms with E-state index in [4.69, 9.17) is 0 Å². The molecule has 2 rings (SSSR count). The van der Waals surface area contributed by atoms with Gasteiger partial charge >= 0.3 is 0 Å². The Hall–Kier alpha value is -1.35. The minimum atomic E-state index is -0.165. The van der Waals surface area contributed by atoms with E-state index in [1.54, 1.807) is 0 Å². The first-order chi connectivity index (χ1) is 9.04. The van der Waals surface area contributed by atoms with E-state index in [1.807, 2.05) is 6.07 Å². The number of amides is 1. The van der Waals surface area contributed by atoms with Crippen molar-refractivity contribution < 1.29 is 9.90 Å². The number of hydrogen-bond donors (Lipinski definition) is 2. The fraction of sp³-hybridized carbons (Fsp3) is 0.562. The van der Waals surface area contributed by atoms with Crippen LogP contribution in [0.2, 0.25) is 0 Å². The van der Waals surface area contributed by atoms with Crippen LogP contribution in [0, 0.1) is 19.8 Å². The van der Waals surface area contributed by atoms with Crippen molar-refractivity contribution in [3.8, 4) is 0 Å². The number of hydrogen-bond acceptors (Lipinski definition) is 2. The van der Waals surface area contributed by atoms with Crippen LogP contribution in [0.4, 0.5) is 0 Å². The first-order valence-corrected chi connectivity index (χ1v) is 7.05. The second-order valence-corrected chi connectivity index (χ2v) is 5.73. The molecule has 3 nitrogen and oxygen atoms in total. The number of carbonyl (C=O) groups is 1. The average molecular weight is 261 g/mol. The van der Waals surface area contributed by atoms with Crippen LogP contribution >= 0.6 is 0 Å². The molecule has 1 fully saturated rings. The maximum atomic E-state index is 11.9. The molecule has 0 saturated heterocycles. The number of nitrogens with one attached hydrogen (secondary N) is 1. The van der Waals surface area contributed by atoms with Gasteiger partial charge in [0, 0.05) is 6.54 Å². The molecule has 0 radical (unpaired) electrons. The SMILES string of the molecule is Cc1ccc(CC(=O)NCC2CCC(O)C2)cc1C. The van der Waals surface area contributed by atoms with Gasteiger partial charge in [-0.25, -0.2) is 0 Å². The Kier molecular flexibility index (Phi) is 4.59. The van der Waals surface area contributed by atoms with Gasteiger partial charge in [-0.2, -0.15) is 0 Å². The van der Waals surface area contributed by atoms with Gasteiger partial charge in [0.05, 0.1) is 12.5 Å². The molecule has 2 atom stereocenters. The third-order valence-electron chi connectivity index (χ3n) is 4.04. The van der Waals surface area contributed by atoms with E-state index in [0.29, 0.717) is 18.9 Å². The predicted octanol–water partition coefficient (Wildman–Crippen LogP) is 2.12. The second kappa shape index (κ2) is 6.20. The Labute approximate surface area is 115 Å². The lowest BCUT2D eigenvalue weighted by Gasteiger charge is -2.11. The van der Waals surface area contributed by atoms with E-state index >= 15 is 0 Å². The Morgan fingerprint density at radius 3 is 2.74 bits per heavy atom. The summed E-state index contributed by atoms with van der Waals surface area (Å²) < 4.78 is 0. The largest absolute Gasteiger partial charge is 0.393 e. The zero-order valence-corrected chi connectivity index (χ0v) is 11.8. The lowest BCUT2D eigenvalue weighted by molar-refractivity contribution is -0.120. The van der Waals surface area contributed by atoms with Crippen molar-refractivity contribution in [3.05, 3.63) is 34.9 Å². The molecule has 0 aliphatic heterocycles. The third kappa shape index (κ3) is 4.06. The fourth-order valence-corrected chi connectivity index (χ4v) is 2.65. The van der Waals surface area contributed by atoms with Crippen molar-refractivity contribution in [2.24, 2.45) is 5.92 Å². The Balaban J connectivity index is 1.79. The molecular weight excluding hydrogens is 238 g/mol. The van der Waals surface area contributed by atoms with Crippen LogP contribution in [-0.4, -0.2) is 23.7 Å². The highest BCUT2D eigenvalue weighted by Gasteiger charge is 2.22. The highest BCUT2D eigenvalue weighted by atomic mass is 16.3. The van der Waals surface area contributed by atoms with Gasteiger partial charge in [-0.05, 0) is 55.7 Å². The molecule has 0 heterocycles. The van der Waals surface area contributed by atoms with E-state index in [-0.39, 0.29) is 12.0 Å². The van der Waals surface area contributed by atoms with E-state index in [1.165, 1.54) is 11.1 Å². The van der Waals surface area contributed by atoms with Crippen LogP contribution in [0.3, 0.4) is 0 Å². The minimum Gasteiger partial charge on any atom is -0.393 e. The summed E-state index contributed by atoms with van der Waals surface area (Å²) in [6.07, 6.45) is 2.99. The van der Waals surface area contributed by atoms with E-state index in [9.17, 15) is 9.90 Å². The zero-order chi connectivity index (χ0) is 13.8. The van der Waals surface area contributed by atoms with Crippen molar-refractivity contribution >= 4 is 5.91 Å². The molecular formula is C16H23NO2. The van der Waals surface area contributed by atoms with Crippen LogP contribution in [-0.2, 0) is 11.2 Å². The van der Waals surface area contributed by atoms with Crippen molar-refractivity contribution in [1.82, 2.24) is 5.32 Å². The van der Waals surface area contributed by atoms with Gasteiger partial charge in [0.15, 0.2) is 0 Å². The van der Waals surface area contributed by atoms with Crippen molar-refractivity contribution in [2.45, 2.75) is 45.6 Å². The maximum Gasteiger partial charge on any atom is 0.224 e. The van der Waals surface area contributed by atoms with Gasteiger partial charge in [-0.15, -0.1) is 0 Å². The Morgan fingerprint density at radius 1 is 1.32 bits per heavy atom. The lowest BCUT2D eigenvalue weighted by atomic mass is 10.0. The van der Waals surface area contributed by atoms with Gasteiger partial charge in [-0.1, -0.05) is 18.2 Å². The summed E-state index contributed by atoms with van der Waals surface area (Å²) in [7, 11) is 0. The highest BCUT2D eigenvalue weighted by Crippen LogP contribution is 2.24. The van der Waals surface area contributed by atoms with E-state index in [2.05, 4.69) is 31.3 Å². The summed E-state index contributed by atoms with van der Waals surface area (Å²) in [6.45, 7) is 4.84. The summed E-state index contributed by atoms with van der Waals surface area (Å²) in [5, 5.41) is 12.4. The molecule has 1 aliphatic rings. The molecule has 2 unspecified atom stereocenters. The topological polar surface area (TPSA) is 49.3 Å². The lowest BCUT2D eigenvalue weighted by Crippen LogP contribution is -2.29. The monoisotopic (exact) mass is 261 g/mol. The summed E-state index contributed by atoms with van der Waals surface area (Å²) >= 11 is 0. The number of benzene rings is 1. The standard InChI is InChI=1S/C16H23NO2/c1-11-3-4-13(7-12(11)2)9-16(19)17-10-14-5-6-15(18)8-14/h3-4,7,14-15,18H,5-6,8-10H2,1-2H3,(H,17,19). The smallest absolute Gasteiger partial charge is 0.224 e. The third-order valence-corrected chi connectivity index (χ3v) is 4.04. The summed E-state index contributed by atoms with van der Waals surface area (Å²) in [6, 6.07) is 6.15. The second-order valence-electron chi connectivity index (χ2n) is 5.73. The molecule has 19 heavy (non-hydrogen) atoms. The van der Waals surface area contributed by atoms with E-state index in [0.717, 1.165) is 24.8 Å². The molecule has 0 spiro atoms. The van der Waals surface area contributed by atoms with Gasteiger partial charge < -0.3 is 10.4 Å². The minimum absolute atomic E-state index is 0.0737. The highest BCUT2D eigenvalue weighted by molar-refractivity contribution is 5.78. The van der Waals surface area contributed by atoms with Crippen molar-refractivity contribution in [3.63, 3.8) is 0 Å². The Bertz CT molecular complexity index is 456. The molecule has 3 heteroatoms. The van der Waals surface area contributed by atoms with Crippen LogP contribution in [0.1, 0.15) is 36.0 Å². The first kappa shape index (κ1) is 14.1. The number of aliphatic hydroxyl groups excluding tert-OH is 1. The van der Waals surface area contributed by atoms with Crippen LogP contribution in [0.5, 0.6) is 0 Å². The first-order valence-electron chi connectivity index (χ1n) is 7.05. The molecule has 0 bridgehead atoms. The average Bonchev–Trinajstić information content (AvgIpc) is 2.77. The van der Waals surface area contributed by atoms with Crippen LogP contribution in [0.25, 0.3) is 0 Å². The van der Waals surface area contributed by atoms with Crippen LogP contribution < -0.4 is 5.32 Å². The molecule has 1 saturated carbocycles. The zero-order valence-electron chi connectivity index (χ0n) is 11.8. The summed E-state index contributed by atoms with van der Waals surface area (Å²) in [5.41, 5.74) is 3.54. The van der Waals surface area contributed by atoms with Crippen LogP contribution in [0.15, 0.2) is 18.2 Å². The summed E-state index contributed by atoms with van der Waals surface area (Å²) in [5.74, 6) is 0.517. The number of carbonyl (C=O) groups excluding carboxylic acids is 1. The fourth-order valence-electron chi connectivity index (χ4n) is 2.65. The van der Waals surface area contributed by atoms with Gasteiger partial charge in [0.2, 0.25) is 5.91 Å². The number of rotatable bonds is 4. The van der Waals surface area contributed by atoms with E-state index < -0.39 is 0 Å². The quantitative estimate of drug-likeness (QED) is 0.872. The molecule has 0 aromatic heterocycles. The van der Waals surface area contributed by atoms with Gasteiger partial charge in [-0.3, -0.25) is 4.79 Å². The molecule has 1 aromatic rings. The predicted molar refractivity (Wildman–Crippen MR) is 76.0 cm³/mol. The van der Waals surface area contributed by atoms with Gasteiger partial charge in [0.1, 0.15) is 0 Å². The molecule has 1 aromatic carbocycles. The molecule has 104 valence electrons. The normalized spacial score (nSPS) is 22.5. The summed E-state index contributed by atoms with van der Waals surface area (Å²) in [4.78, 5) is 11.9. The van der Waals surface area contributed by atoms with Crippen molar-refractivity contribution in [1.29, 1.82) is 0 Å². The molecule has 2 N–H and O–H groups in total.